The Labute approximate surface area is 111 Å². The number of phenolic OH excluding ortho intramolecular Hbond substituents is 1. The van der Waals surface area contributed by atoms with Gasteiger partial charge in [0.1, 0.15) is 5.75 Å². The Morgan fingerprint density at radius 2 is 1.89 bits per heavy atom. The molecule has 0 radical (unpaired) electrons. The topological polar surface area (TPSA) is 36.4 Å². The van der Waals surface area contributed by atoms with Crippen molar-refractivity contribution in [3.8, 4) is 16.2 Å². The zero-order valence-corrected chi connectivity index (χ0v) is 11.0. The van der Waals surface area contributed by atoms with Gasteiger partial charge in [0.2, 0.25) is 0 Å². The molecule has 1 fully saturated rings. The number of para-hydroxylation sites is 1. The van der Waals surface area contributed by atoms with Gasteiger partial charge in [-0.05, 0) is 31.4 Å². The molecule has 3 nitrogen and oxygen atoms in total. The standard InChI is InChI=1S/C14H16N2OS/c17-12-7-3-2-6-11(12)13-10-15-14(18-13)16-8-4-1-5-9-16/h2-3,6-7,10,17H,1,4-5,8-9H2. The van der Waals surface area contributed by atoms with E-state index in [1.807, 2.05) is 24.4 Å². The van der Waals surface area contributed by atoms with E-state index in [0.29, 0.717) is 5.75 Å². The van der Waals surface area contributed by atoms with Crippen molar-refractivity contribution in [3.05, 3.63) is 30.5 Å². The third-order valence-electron chi connectivity index (χ3n) is 3.29. The highest BCUT2D eigenvalue weighted by Crippen LogP contribution is 2.36. The van der Waals surface area contributed by atoms with Crippen LogP contribution in [-0.2, 0) is 0 Å². The first-order valence-corrected chi connectivity index (χ1v) is 7.15. The summed E-state index contributed by atoms with van der Waals surface area (Å²) in [7, 11) is 0. The van der Waals surface area contributed by atoms with Crippen LogP contribution >= 0.6 is 11.3 Å². The summed E-state index contributed by atoms with van der Waals surface area (Å²) in [6, 6.07) is 7.43. The predicted octanol–water partition coefficient (Wildman–Crippen LogP) is 3.51. The number of nitrogens with zero attached hydrogens (tertiary/aromatic N) is 2. The van der Waals surface area contributed by atoms with Gasteiger partial charge in [0, 0.05) is 24.8 Å². The number of phenols is 1. The minimum atomic E-state index is 0.325. The summed E-state index contributed by atoms with van der Waals surface area (Å²) in [5, 5.41) is 10.9. The maximum atomic E-state index is 9.85. The zero-order valence-electron chi connectivity index (χ0n) is 10.2. The van der Waals surface area contributed by atoms with Crippen LogP contribution in [0.25, 0.3) is 10.4 Å². The molecule has 3 rings (SSSR count). The molecule has 0 amide bonds. The normalized spacial score (nSPS) is 15.9. The summed E-state index contributed by atoms with van der Waals surface area (Å²) >= 11 is 1.66. The average Bonchev–Trinajstić information content (AvgIpc) is 2.90. The SMILES string of the molecule is Oc1ccccc1-c1cnc(N2CCCCC2)s1. The number of thiazole rings is 1. The minimum Gasteiger partial charge on any atom is -0.507 e. The third kappa shape index (κ3) is 2.20. The van der Waals surface area contributed by atoms with E-state index in [0.717, 1.165) is 28.7 Å². The van der Waals surface area contributed by atoms with Crippen molar-refractivity contribution in [1.82, 2.24) is 4.98 Å². The number of aromatic hydroxyl groups is 1. The lowest BCUT2D eigenvalue weighted by atomic mass is 10.1. The highest BCUT2D eigenvalue weighted by molar-refractivity contribution is 7.18. The van der Waals surface area contributed by atoms with Crippen LogP contribution in [0, 0.1) is 0 Å². The lowest BCUT2D eigenvalue weighted by Crippen LogP contribution is -2.29. The van der Waals surface area contributed by atoms with Gasteiger partial charge in [0.25, 0.3) is 0 Å². The molecule has 1 aromatic carbocycles. The van der Waals surface area contributed by atoms with Crippen molar-refractivity contribution in [1.29, 1.82) is 0 Å². The van der Waals surface area contributed by atoms with Crippen molar-refractivity contribution in [3.63, 3.8) is 0 Å². The molecule has 1 saturated heterocycles. The molecular weight excluding hydrogens is 244 g/mol. The van der Waals surface area contributed by atoms with Crippen LogP contribution in [0.5, 0.6) is 5.75 Å². The molecule has 18 heavy (non-hydrogen) atoms. The number of piperidine rings is 1. The predicted molar refractivity (Wildman–Crippen MR) is 75.3 cm³/mol. The Balaban J connectivity index is 1.87. The lowest BCUT2D eigenvalue weighted by Gasteiger charge is -2.25. The van der Waals surface area contributed by atoms with Gasteiger partial charge in [-0.3, -0.25) is 0 Å². The number of hydrogen-bond acceptors (Lipinski definition) is 4. The molecule has 0 bridgehead atoms. The summed E-state index contributed by atoms with van der Waals surface area (Å²) in [6.07, 6.45) is 5.70. The van der Waals surface area contributed by atoms with Gasteiger partial charge in [-0.25, -0.2) is 4.98 Å². The van der Waals surface area contributed by atoms with Gasteiger partial charge in [-0.1, -0.05) is 23.5 Å². The lowest BCUT2D eigenvalue weighted by molar-refractivity contribution is 0.477. The summed E-state index contributed by atoms with van der Waals surface area (Å²) in [5.41, 5.74) is 0.873. The van der Waals surface area contributed by atoms with Crippen molar-refractivity contribution in [2.45, 2.75) is 19.3 Å². The van der Waals surface area contributed by atoms with Crippen LogP contribution in [-0.4, -0.2) is 23.2 Å². The van der Waals surface area contributed by atoms with E-state index in [-0.39, 0.29) is 0 Å². The van der Waals surface area contributed by atoms with Crippen LogP contribution in [0.2, 0.25) is 0 Å². The largest absolute Gasteiger partial charge is 0.507 e. The Kier molecular flexibility index (Phi) is 3.19. The van der Waals surface area contributed by atoms with Crippen LogP contribution < -0.4 is 4.90 Å². The quantitative estimate of drug-likeness (QED) is 0.897. The highest BCUT2D eigenvalue weighted by Gasteiger charge is 2.15. The van der Waals surface area contributed by atoms with Crippen LogP contribution in [0.1, 0.15) is 19.3 Å². The fourth-order valence-electron chi connectivity index (χ4n) is 2.30. The van der Waals surface area contributed by atoms with Gasteiger partial charge < -0.3 is 10.0 Å². The minimum absolute atomic E-state index is 0.325. The Bertz CT molecular complexity index is 532. The molecule has 0 saturated carbocycles. The molecule has 1 aromatic heterocycles. The Morgan fingerprint density at radius 1 is 1.11 bits per heavy atom. The van der Waals surface area contributed by atoms with E-state index in [1.165, 1.54) is 19.3 Å². The monoisotopic (exact) mass is 260 g/mol. The molecule has 2 heterocycles. The molecule has 0 unspecified atom stereocenters. The molecule has 0 spiro atoms. The maximum absolute atomic E-state index is 9.85. The molecule has 0 atom stereocenters. The van der Waals surface area contributed by atoms with E-state index in [9.17, 15) is 5.11 Å². The molecule has 4 heteroatoms. The van der Waals surface area contributed by atoms with Crippen molar-refractivity contribution in [2.24, 2.45) is 0 Å². The third-order valence-corrected chi connectivity index (χ3v) is 4.38. The fraction of sp³-hybridized carbons (Fsp3) is 0.357. The summed E-state index contributed by atoms with van der Waals surface area (Å²) < 4.78 is 0. The summed E-state index contributed by atoms with van der Waals surface area (Å²) in [6.45, 7) is 2.21. The van der Waals surface area contributed by atoms with Crippen LogP contribution in [0.15, 0.2) is 30.5 Å². The summed E-state index contributed by atoms with van der Waals surface area (Å²) in [4.78, 5) is 7.87. The van der Waals surface area contributed by atoms with Gasteiger partial charge >= 0.3 is 0 Å². The number of benzene rings is 1. The van der Waals surface area contributed by atoms with Crippen molar-refractivity contribution >= 4 is 16.5 Å². The molecule has 94 valence electrons. The number of anilines is 1. The van der Waals surface area contributed by atoms with Gasteiger partial charge in [-0.15, -0.1) is 0 Å². The van der Waals surface area contributed by atoms with E-state index in [1.54, 1.807) is 17.4 Å². The van der Waals surface area contributed by atoms with Gasteiger partial charge in [-0.2, -0.15) is 0 Å². The number of aromatic nitrogens is 1. The van der Waals surface area contributed by atoms with Gasteiger partial charge in [0.05, 0.1) is 4.88 Å². The number of hydrogen-bond donors (Lipinski definition) is 1. The molecule has 0 aliphatic carbocycles. The van der Waals surface area contributed by atoms with E-state index in [4.69, 9.17) is 0 Å². The second kappa shape index (κ2) is 4.98. The average molecular weight is 260 g/mol. The number of rotatable bonds is 2. The molecular formula is C14H16N2OS. The first kappa shape index (κ1) is 11.5. The van der Waals surface area contributed by atoms with E-state index in [2.05, 4.69) is 9.88 Å². The summed E-state index contributed by atoms with van der Waals surface area (Å²) in [5.74, 6) is 0.325. The fourth-order valence-corrected chi connectivity index (χ4v) is 3.30. The van der Waals surface area contributed by atoms with Gasteiger partial charge in [0.15, 0.2) is 5.13 Å². The van der Waals surface area contributed by atoms with E-state index < -0.39 is 0 Å². The molecule has 2 aromatic rings. The van der Waals surface area contributed by atoms with Crippen LogP contribution in [0.3, 0.4) is 0 Å². The zero-order chi connectivity index (χ0) is 12.4. The van der Waals surface area contributed by atoms with Crippen LogP contribution in [0.4, 0.5) is 5.13 Å². The maximum Gasteiger partial charge on any atom is 0.185 e. The highest BCUT2D eigenvalue weighted by atomic mass is 32.1. The first-order valence-electron chi connectivity index (χ1n) is 6.34. The Hall–Kier alpha value is -1.55. The van der Waals surface area contributed by atoms with Crippen molar-refractivity contribution < 1.29 is 5.11 Å². The first-order chi connectivity index (χ1) is 8.84. The second-order valence-electron chi connectivity index (χ2n) is 4.57. The van der Waals surface area contributed by atoms with E-state index >= 15 is 0 Å². The second-order valence-corrected chi connectivity index (χ2v) is 5.58. The molecule has 1 aliphatic rings. The smallest absolute Gasteiger partial charge is 0.185 e. The molecule has 1 N–H and O–H groups in total. The van der Waals surface area contributed by atoms with Crippen molar-refractivity contribution in [2.75, 3.05) is 18.0 Å². The Morgan fingerprint density at radius 3 is 2.67 bits per heavy atom. The molecule has 1 aliphatic heterocycles.